The van der Waals surface area contributed by atoms with Gasteiger partial charge in [-0.25, -0.2) is 4.39 Å². The maximum Gasteiger partial charge on any atom is 0.227 e. The molecule has 0 amide bonds. The van der Waals surface area contributed by atoms with Crippen LogP contribution in [-0.4, -0.2) is 46.4 Å². The molecule has 24 heavy (non-hydrogen) atoms. The summed E-state index contributed by atoms with van der Waals surface area (Å²) in [5.74, 6) is 1.21. The van der Waals surface area contributed by atoms with Gasteiger partial charge in [-0.05, 0) is 57.3 Å². The van der Waals surface area contributed by atoms with E-state index in [0.29, 0.717) is 41.7 Å². The van der Waals surface area contributed by atoms with Crippen LogP contribution in [0.1, 0.15) is 30.7 Å². The Morgan fingerprint density at radius 2 is 2.21 bits per heavy atom. The number of hydrogen-bond donors (Lipinski definition) is 1. The summed E-state index contributed by atoms with van der Waals surface area (Å²) in [6.07, 6.45) is 3.64. The lowest BCUT2D eigenvalue weighted by atomic mass is 10.1. The monoisotopic (exact) mass is 333 g/mol. The first-order chi connectivity index (χ1) is 11.5. The Bertz CT molecular complexity index is 685. The van der Waals surface area contributed by atoms with E-state index >= 15 is 0 Å². The summed E-state index contributed by atoms with van der Waals surface area (Å²) in [7, 11) is 2.01. The van der Waals surface area contributed by atoms with Crippen molar-refractivity contribution in [2.45, 2.75) is 38.7 Å². The molecule has 0 spiro atoms. The first kappa shape index (κ1) is 17.0. The van der Waals surface area contributed by atoms with Crippen molar-refractivity contribution in [1.29, 1.82) is 0 Å². The number of benzene rings is 1. The Hall–Kier alpha value is -1.79. The Morgan fingerprint density at radius 3 is 2.92 bits per heavy atom. The zero-order valence-electron chi connectivity index (χ0n) is 14.2. The fraction of sp³-hybridized carbons (Fsp3) is 0.556. The normalized spacial score (nSPS) is 15.9. The fourth-order valence-corrected chi connectivity index (χ4v) is 2.75. The Labute approximate surface area is 141 Å². The number of rotatable bonds is 8. The maximum absolute atomic E-state index is 13.6. The van der Waals surface area contributed by atoms with Crippen molar-refractivity contribution in [3.63, 3.8) is 0 Å². The van der Waals surface area contributed by atoms with Crippen molar-refractivity contribution < 1.29 is 14.0 Å². The van der Waals surface area contributed by atoms with Crippen LogP contribution in [0.5, 0.6) is 0 Å². The number of aromatic nitrogens is 2. The summed E-state index contributed by atoms with van der Waals surface area (Å²) in [6.45, 7) is 3.29. The number of aliphatic hydroxyl groups is 1. The van der Waals surface area contributed by atoms with Gasteiger partial charge in [-0.15, -0.1) is 0 Å². The van der Waals surface area contributed by atoms with E-state index < -0.39 is 0 Å². The molecular weight excluding hydrogens is 309 g/mol. The van der Waals surface area contributed by atoms with Crippen LogP contribution < -0.4 is 0 Å². The third kappa shape index (κ3) is 4.39. The van der Waals surface area contributed by atoms with Crippen molar-refractivity contribution in [1.82, 2.24) is 15.0 Å². The molecule has 1 heterocycles. The lowest BCUT2D eigenvalue weighted by Gasteiger charge is -2.19. The van der Waals surface area contributed by atoms with Gasteiger partial charge in [0.1, 0.15) is 5.82 Å². The van der Waals surface area contributed by atoms with Gasteiger partial charge in [0.15, 0.2) is 0 Å². The van der Waals surface area contributed by atoms with Crippen LogP contribution in [0, 0.1) is 18.7 Å². The second-order valence-corrected chi connectivity index (χ2v) is 6.75. The minimum absolute atomic E-state index is 0.207. The van der Waals surface area contributed by atoms with Crippen molar-refractivity contribution in [3.05, 3.63) is 35.5 Å². The van der Waals surface area contributed by atoms with Gasteiger partial charge in [-0.2, -0.15) is 4.98 Å². The standard InChI is InChI=1S/C18H24FN3O2/c1-12-5-6-14(10-15(12)19)18-20-17(24-21-18)4-3-9-22(2)11-16(23)13-7-8-13/h5-6,10,13,16,23H,3-4,7-9,11H2,1-2H3. The fourth-order valence-electron chi connectivity index (χ4n) is 2.75. The molecule has 130 valence electrons. The Kier molecular flexibility index (Phi) is 5.26. The third-order valence-electron chi connectivity index (χ3n) is 4.49. The molecule has 3 rings (SSSR count). The number of likely N-dealkylation sites (N-methyl/N-ethyl adjacent to an activating group) is 1. The number of hydrogen-bond acceptors (Lipinski definition) is 5. The highest BCUT2D eigenvalue weighted by molar-refractivity contribution is 5.54. The molecule has 1 atom stereocenters. The molecule has 1 N–H and O–H groups in total. The van der Waals surface area contributed by atoms with Crippen molar-refractivity contribution in [3.8, 4) is 11.4 Å². The highest BCUT2D eigenvalue weighted by atomic mass is 19.1. The van der Waals surface area contributed by atoms with E-state index in [1.807, 2.05) is 7.05 Å². The number of aliphatic hydroxyl groups excluding tert-OH is 1. The smallest absolute Gasteiger partial charge is 0.227 e. The van der Waals surface area contributed by atoms with Crippen LogP contribution in [0.2, 0.25) is 0 Å². The van der Waals surface area contributed by atoms with Crippen LogP contribution in [0.15, 0.2) is 22.7 Å². The second kappa shape index (κ2) is 7.40. The molecule has 0 saturated heterocycles. The van der Waals surface area contributed by atoms with Crippen molar-refractivity contribution in [2.75, 3.05) is 20.1 Å². The number of aryl methyl sites for hydroxylation is 2. The lowest BCUT2D eigenvalue weighted by molar-refractivity contribution is 0.106. The van der Waals surface area contributed by atoms with Gasteiger partial charge >= 0.3 is 0 Å². The molecule has 1 aliphatic rings. The zero-order valence-corrected chi connectivity index (χ0v) is 14.2. The highest BCUT2D eigenvalue weighted by Gasteiger charge is 2.30. The van der Waals surface area contributed by atoms with Crippen molar-refractivity contribution >= 4 is 0 Å². The molecule has 2 aromatic rings. The molecule has 1 aromatic carbocycles. The molecule has 0 aliphatic heterocycles. The van der Waals surface area contributed by atoms with Gasteiger partial charge in [-0.3, -0.25) is 0 Å². The van der Waals surface area contributed by atoms with E-state index in [0.717, 1.165) is 25.8 Å². The van der Waals surface area contributed by atoms with E-state index in [4.69, 9.17) is 4.52 Å². The minimum atomic E-state index is -0.269. The van der Waals surface area contributed by atoms with E-state index in [2.05, 4.69) is 15.0 Å². The largest absolute Gasteiger partial charge is 0.392 e. The quantitative estimate of drug-likeness (QED) is 0.805. The van der Waals surface area contributed by atoms with Crippen LogP contribution in [0.3, 0.4) is 0 Å². The maximum atomic E-state index is 13.6. The van der Waals surface area contributed by atoms with E-state index in [9.17, 15) is 9.50 Å². The number of halogens is 1. The van der Waals surface area contributed by atoms with Gasteiger partial charge in [0.25, 0.3) is 0 Å². The second-order valence-electron chi connectivity index (χ2n) is 6.75. The molecule has 6 heteroatoms. The third-order valence-corrected chi connectivity index (χ3v) is 4.49. The molecule has 1 fully saturated rings. The molecule has 1 unspecified atom stereocenters. The van der Waals surface area contributed by atoms with Gasteiger partial charge in [0.05, 0.1) is 6.10 Å². The molecule has 0 bridgehead atoms. The SMILES string of the molecule is Cc1ccc(-c2noc(CCCN(C)CC(O)C3CC3)n2)cc1F. The minimum Gasteiger partial charge on any atom is -0.392 e. The van der Waals surface area contributed by atoms with Crippen LogP contribution in [0.4, 0.5) is 4.39 Å². The van der Waals surface area contributed by atoms with E-state index in [1.54, 1.807) is 19.1 Å². The summed E-state index contributed by atoms with van der Waals surface area (Å²) in [4.78, 5) is 6.47. The first-order valence-corrected chi connectivity index (χ1v) is 8.48. The zero-order chi connectivity index (χ0) is 17.1. The van der Waals surface area contributed by atoms with Gasteiger partial charge in [0.2, 0.25) is 11.7 Å². The van der Waals surface area contributed by atoms with Gasteiger partial charge < -0.3 is 14.5 Å². The molecule has 5 nitrogen and oxygen atoms in total. The van der Waals surface area contributed by atoms with E-state index in [-0.39, 0.29) is 11.9 Å². The van der Waals surface area contributed by atoms with Crippen LogP contribution in [0.25, 0.3) is 11.4 Å². The molecular formula is C18H24FN3O2. The number of nitrogens with zero attached hydrogens (tertiary/aromatic N) is 3. The molecule has 1 saturated carbocycles. The van der Waals surface area contributed by atoms with Crippen LogP contribution in [-0.2, 0) is 6.42 Å². The Morgan fingerprint density at radius 1 is 1.42 bits per heavy atom. The summed E-state index contributed by atoms with van der Waals surface area (Å²) >= 11 is 0. The summed E-state index contributed by atoms with van der Waals surface area (Å²) < 4.78 is 18.9. The van der Waals surface area contributed by atoms with Crippen molar-refractivity contribution in [2.24, 2.45) is 5.92 Å². The van der Waals surface area contributed by atoms with Crippen LogP contribution >= 0.6 is 0 Å². The Balaban J connectivity index is 1.48. The molecule has 1 aromatic heterocycles. The average molecular weight is 333 g/mol. The predicted molar refractivity (Wildman–Crippen MR) is 89.0 cm³/mol. The summed E-state index contributed by atoms with van der Waals surface area (Å²) in [5, 5.41) is 13.9. The average Bonchev–Trinajstić information content (AvgIpc) is 3.30. The molecule has 0 radical (unpaired) electrons. The van der Waals surface area contributed by atoms with Gasteiger partial charge in [-0.1, -0.05) is 17.3 Å². The summed E-state index contributed by atoms with van der Waals surface area (Å²) in [6, 6.07) is 4.93. The van der Waals surface area contributed by atoms with E-state index in [1.165, 1.54) is 6.07 Å². The van der Waals surface area contributed by atoms with Gasteiger partial charge in [0, 0.05) is 18.5 Å². The first-order valence-electron chi connectivity index (χ1n) is 8.48. The highest BCUT2D eigenvalue weighted by Crippen LogP contribution is 2.32. The summed E-state index contributed by atoms with van der Waals surface area (Å²) in [5.41, 5.74) is 1.22. The lowest BCUT2D eigenvalue weighted by Crippen LogP contribution is -2.31. The molecule has 1 aliphatic carbocycles. The predicted octanol–water partition coefficient (Wildman–Crippen LogP) is 2.82. The topological polar surface area (TPSA) is 62.4 Å².